The van der Waals surface area contributed by atoms with Crippen molar-refractivity contribution in [1.82, 2.24) is 4.48 Å². The molecule has 120 valence electrons. The molecule has 1 aliphatic rings. The van der Waals surface area contributed by atoms with Crippen molar-refractivity contribution in [1.29, 1.82) is 0 Å². The molecule has 8 nitrogen and oxygen atoms in total. The molecule has 0 spiro atoms. The van der Waals surface area contributed by atoms with Crippen LogP contribution >= 0.6 is 0 Å². The maximum absolute atomic E-state index is 12.7. The molecule has 0 fully saturated rings. The summed E-state index contributed by atoms with van der Waals surface area (Å²) in [6, 6.07) is 6.32. The fraction of sp³-hybridized carbons (Fsp3) is 0.333. The maximum Gasteiger partial charge on any atom is 0.539 e. The number of para-hydroxylation sites is 2. The van der Waals surface area contributed by atoms with E-state index in [1.54, 1.807) is 39.0 Å². The van der Waals surface area contributed by atoms with E-state index in [-0.39, 0.29) is 18.1 Å². The predicted octanol–water partition coefficient (Wildman–Crippen LogP) is 2.99. The fourth-order valence-electron chi connectivity index (χ4n) is 2.27. The van der Waals surface area contributed by atoms with Crippen LogP contribution in [0.1, 0.15) is 20.8 Å². The summed E-state index contributed by atoms with van der Waals surface area (Å²) in [5.74, 6) is -0.128. The third-order valence-electron chi connectivity index (χ3n) is 3.12. The van der Waals surface area contributed by atoms with Gasteiger partial charge in [0.25, 0.3) is 5.84 Å². The number of carbonyl (C=O) groups is 2. The first-order valence-electron chi connectivity index (χ1n) is 6.81. The van der Waals surface area contributed by atoms with Crippen molar-refractivity contribution in [2.75, 3.05) is 6.54 Å². The minimum Gasteiger partial charge on any atom is -0.434 e. The summed E-state index contributed by atoms with van der Waals surface area (Å²) in [5, 5.41) is 9.80. The van der Waals surface area contributed by atoms with E-state index < -0.39 is 22.3 Å². The van der Waals surface area contributed by atoms with Crippen molar-refractivity contribution in [3.05, 3.63) is 24.3 Å². The first kappa shape index (κ1) is 16.5. The predicted molar refractivity (Wildman–Crippen MR) is 82.6 cm³/mol. The highest BCUT2D eigenvalue weighted by Gasteiger charge is 2.60. The summed E-state index contributed by atoms with van der Waals surface area (Å²) in [5.41, 5.74) is -0.434. The Morgan fingerprint density at radius 1 is 1.35 bits per heavy atom. The highest BCUT2D eigenvalue weighted by atomic mass is 16.6. The Morgan fingerprint density at radius 2 is 2.00 bits per heavy atom. The summed E-state index contributed by atoms with van der Waals surface area (Å²) in [4.78, 5) is 42.7. The average Bonchev–Trinajstić information content (AvgIpc) is 2.78. The van der Waals surface area contributed by atoms with Crippen LogP contribution in [0.2, 0.25) is 0 Å². The Hall–Kier alpha value is -2.83. The number of nitrogens with zero attached hydrogens (tertiary/aromatic N) is 3. The molecule has 0 radical (unpaired) electrons. The average molecular weight is 318 g/mol. The number of hydrogen-bond donors (Lipinski definition) is 1. The van der Waals surface area contributed by atoms with Gasteiger partial charge in [0.05, 0.1) is 0 Å². The van der Waals surface area contributed by atoms with E-state index in [1.165, 1.54) is 12.1 Å². The second-order valence-corrected chi connectivity index (χ2v) is 5.86. The number of aliphatic imine (C=N–C) groups is 2. The Kier molecular flexibility index (Phi) is 4.14. The lowest BCUT2D eigenvalue weighted by Gasteiger charge is -2.28. The lowest BCUT2D eigenvalue weighted by Crippen LogP contribution is -2.62. The third-order valence-corrected chi connectivity index (χ3v) is 3.12. The number of isocyanates is 1. The van der Waals surface area contributed by atoms with E-state index in [2.05, 4.69) is 9.98 Å². The van der Waals surface area contributed by atoms with Crippen molar-refractivity contribution in [2.24, 2.45) is 9.98 Å². The molecule has 0 saturated heterocycles. The molecule has 1 aromatic rings. The molecule has 1 atom stereocenters. The second kappa shape index (κ2) is 5.75. The molecule has 23 heavy (non-hydrogen) atoms. The zero-order valence-electron chi connectivity index (χ0n) is 12.9. The number of ether oxygens (including phenoxy) is 1. The van der Waals surface area contributed by atoms with Crippen LogP contribution in [0.25, 0.3) is 0 Å². The van der Waals surface area contributed by atoms with E-state index in [0.717, 1.165) is 0 Å². The normalized spacial score (nSPS) is 19.3. The van der Waals surface area contributed by atoms with E-state index >= 15 is 0 Å². The smallest absolute Gasteiger partial charge is 0.434 e. The quantitative estimate of drug-likeness (QED) is 0.512. The molecule has 1 aliphatic heterocycles. The Balaban J connectivity index is 2.66. The third kappa shape index (κ3) is 2.77. The van der Waals surface area contributed by atoms with Gasteiger partial charge in [-0.3, -0.25) is 0 Å². The highest BCUT2D eigenvalue weighted by molar-refractivity contribution is 6.27. The molecule has 2 amide bonds. The topological polar surface area (TPSA) is 105 Å². The first-order valence-corrected chi connectivity index (χ1v) is 6.81. The molecule has 0 aromatic heterocycles. The Morgan fingerprint density at radius 3 is 2.57 bits per heavy atom. The summed E-state index contributed by atoms with van der Waals surface area (Å²) in [6.07, 6.45) is -1.18. The van der Waals surface area contributed by atoms with E-state index in [4.69, 9.17) is 4.74 Å². The number of fused-ring (bicyclic) bond motifs is 1. The maximum atomic E-state index is 12.7. The van der Waals surface area contributed by atoms with Crippen molar-refractivity contribution in [3.8, 4) is 0 Å². The SMILES string of the molecule is CC(C)(C)OC(=O)[N+]1(C(=O)O)C(CN=C=O)=Nc2ccccc21. The number of carbonyl (C=O) groups excluding carboxylic acids is 2. The summed E-state index contributed by atoms with van der Waals surface area (Å²) in [6.45, 7) is 4.52. The number of carboxylic acid groups (broad SMARTS) is 1. The number of imide groups is 1. The van der Waals surface area contributed by atoms with Crippen LogP contribution in [0.15, 0.2) is 34.3 Å². The number of amidine groups is 1. The molecule has 0 aliphatic carbocycles. The van der Waals surface area contributed by atoms with Crippen molar-refractivity contribution in [2.45, 2.75) is 26.4 Å². The Bertz CT molecular complexity index is 744. The molecule has 0 saturated carbocycles. The Labute approximate surface area is 132 Å². The standard InChI is InChI=1S/C15H15N3O5/c1-15(2,3)23-14(22)18(13(20)21)11-7-5-4-6-10(11)17-12(18)8-16-9-19/h4-7H,8H2,1-3H3/p+1. The number of benzene rings is 1. The van der Waals surface area contributed by atoms with E-state index in [9.17, 15) is 19.5 Å². The van der Waals surface area contributed by atoms with Gasteiger partial charge < -0.3 is 9.84 Å². The number of rotatable bonds is 2. The van der Waals surface area contributed by atoms with Gasteiger partial charge in [-0.15, -0.1) is 0 Å². The lowest BCUT2D eigenvalue weighted by molar-refractivity contribution is 0.0388. The van der Waals surface area contributed by atoms with Gasteiger partial charge in [0.2, 0.25) is 6.08 Å². The summed E-state index contributed by atoms with van der Waals surface area (Å²) < 4.78 is 4.02. The van der Waals surface area contributed by atoms with Gasteiger partial charge >= 0.3 is 12.2 Å². The van der Waals surface area contributed by atoms with Gasteiger partial charge in [-0.2, -0.15) is 19.6 Å². The first-order chi connectivity index (χ1) is 10.7. The van der Waals surface area contributed by atoms with Crippen LogP contribution in [-0.2, 0) is 9.53 Å². The second-order valence-electron chi connectivity index (χ2n) is 5.86. The van der Waals surface area contributed by atoms with Gasteiger partial charge in [0, 0.05) is 6.07 Å². The van der Waals surface area contributed by atoms with E-state index in [1.807, 2.05) is 0 Å². The zero-order chi connectivity index (χ0) is 17.3. The lowest BCUT2D eigenvalue weighted by atomic mass is 10.2. The van der Waals surface area contributed by atoms with Crippen LogP contribution < -0.4 is 4.48 Å². The molecule has 8 heteroatoms. The minimum atomic E-state index is -1.48. The van der Waals surface area contributed by atoms with Crippen LogP contribution in [0.5, 0.6) is 0 Å². The summed E-state index contributed by atoms with van der Waals surface area (Å²) in [7, 11) is 0. The van der Waals surface area contributed by atoms with Gasteiger partial charge in [0.15, 0.2) is 5.69 Å². The molecule has 1 heterocycles. The fourth-order valence-corrected chi connectivity index (χ4v) is 2.27. The van der Waals surface area contributed by atoms with Gasteiger partial charge in [-0.1, -0.05) is 12.1 Å². The number of amides is 2. The zero-order valence-corrected chi connectivity index (χ0v) is 12.9. The van der Waals surface area contributed by atoms with E-state index in [0.29, 0.717) is 5.69 Å². The highest BCUT2D eigenvalue weighted by Crippen LogP contribution is 2.42. The van der Waals surface area contributed by atoms with Crippen molar-refractivity contribution >= 4 is 35.5 Å². The molecule has 2 rings (SSSR count). The van der Waals surface area contributed by atoms with Crippen molar-refractivity contribution in [3.63, 3.8) is 0 Å². The summed E-state index contributed by atoms with van der Waals surface area (Å²) >= 11 is 0. The van der Waals surface area contributed by atoms with Crippen LogP contribution in [0.4, 0.5) is 21.0 Å². The van der Waals surface area contributed by atoms with Crippen LogP contribution in [0.3, 0.4) is 0 Å². The number of hydrogen-bond acceptors (Lipinski definition) is 6. The molecular weight excluding hydrogens is 302 g/mol. The van der Waals surface area contributed by atoms with Crippen LogP contribution in [0, 0.1) is 0 Å². The van der Waals surface area contributed by atoms with Gasteiger partial charge in [0.1, 0.15) is 17.8 Å². The molecule has 1 N–H and O–H groups in total. The van der Waals surface area contributed by atoms with Gasteiger partial charge in [-0.25, -0.2) is 4.79 Å². The molecule has 1 aromatic carbocycles. The molecular formula is C15H16N3O5+. The molecule has 1 unspecified atom stereocenters. The van der Waals surface area contributed by atoms with Crippen LogP contribution in [-0.4, -0.2) is 41.4 Å². The monoisotopic (exact) mass is 318 g/mol. The number of quaternary nitrogens is 1. The van der Waals surface area contributed by atoms with Crippen molar-refractivity contribution < 1.29 is 24.2 Å². The largest absolute Gasteiger partial charge is 0.539 e. The molecule has 0 bridgehead atoms. The minimum absolute atomic E-state index is 0.128. The van der Waals surface area contributed by atoms with Gasteiger partial charge in [-0.05, 0) is 31.3 Å².